The van der Waals surface area contributed by atoms with Gasteiger partial charge >= 0.3 is 22.4 Å². The number of benzene rings is 1. The Hall–Kier alpha value is -2.56. The first-order chi connectivity index (χ1) is 15.2. The first-order valence-electron chi connectivity index (χ1n) is 10.5. The molecule has 0 aliphatic heterocycles. The SMILES string of the molecule is CC(C)NC(=O)OCc1ccc(OS(=O)(=O)C2CCCC=C2C(=O)C(C)C)c(C(F)(F)F)c1. The molecule has 1 amide bonds. The zero-order valence-electron chi connectivity index (χ0n) is 18.9. The summed E-state index contributed by atoms with van der Waals surface area (Å²) >= 11 is 0. The topological polar surface area (TPSA) is 98.8 Å². The number of ketones is 1. The molecule has 2 rings (SSSR count). The maximum atomic E-state index is 13.7. The van der Waals surface area contributed by atoms with E-state index in [-0.39, 0.29) is 29.4 Å². The highest BCUT2D eigenvalue weighted by Crippen LogP contribution is 2.39. The molecule has 1 N–H and O–H groups in total. The van der Waals surface area contributed by atoms with Gasteiger partial charge in [0.05, 0.1) is 5.56 Å². The largest absolute Gasteiger partial charge is 0.445 e. The van der Waals surface area contributed by atoms with Crippen LogP contribution in [0.1, 0.15) is 58.1 Å². The summed E-state index contributed by atoms with van der Waals surface area (Å²) < 4.78 is 76.6. The van der Waals surface area contributed by atoms with Crippen LogP contribution in [0.2, 0.25) is 0 Å². The fraction of sp³-hybridized carbons (Fsp3) is 0.545. The van der Waals surface area contributed by atoms with E-state index in [9.17, 15) is 31.2 Å². The van der Waals surface area contributed by atoms with Crippen molar-refractivity contribution in [2.75, 3.05) is 0 Å². The quantitative estimate of drug-likeness (QED) is 0.527. The third kappa shape index (κ3) is 7.21. The summed E-state index contributed by atoms with van der Waals surface area (Å²) in [5.74, 6) is -1.75. The molecule has 0 spiro atoms. The van der Waals surface area contributed by atoms with Crippen LogP contribution in [0.15, 0.2) is 29.8 Å². The number of allylic oxidation sites excluding steroid dienone is 1. The number of ether oxygens (including phenoxy) is 1. The van der Waals surface area contributed by atoms with E-state index < -0.39 is 51.5 Å². The molecule has 1 aromatic rings. The Morgan fingerprint density at radius 2 is 1.85 bits per heavy atom. The van der Waals surface area contributed by atoms with Crippen molar-refractivity contribution in [2.24, 2.45) is 5.92 Å². The lowest BCUT2D eigenvalue weighted by molar-refractivity contribution is -0.138. The minimum Gasteiger partial charge on any atom is -0.445 e. The molecule has 11 heteroatoms. The molecule has 0 aromatic heterocycles. The average molecular weight is 492 g/mol. The molecular formula is C22H28F3NO6S. The van der Waals surface area contributed by atoms with E-state index in [1.54, 1.807) is 27.7 Å². The Labute approximate surface area is 191 Å². The van der Waals surface area contributed by atoms with Crippen molar-refractivity contribution in [1.29, 1.82) is 0 Å². The number of carbonyl (C=O) groups is 2. The third-order valence-corrected chi connectivity index (χ3v) is 6.47. The van der Waals surface area contributed by atoms with E-state index >= 15 is 0 Å². The van der Waals surface area contributed by atoms with Gasteiger partial charge in [-0.2, -0.15) is 21.6 Å². The lowest BCUT2D eigenvalue weighted by Gasteiger charge is -2.25. The van der Waals surface area contributed by atoms with Gasteiger partial charge in [-0.3, -0.25) is 4.79 Å². The first-order valence-corrected chi connectivity index (χ1v) is 12.0. The average Bonchev–Trinajstić information content (AvgIpc) is 2.70. The molecule has 0 heterocycles. The Balaban J connectivity index is 2.31. The van der Waals surface area contributed by atoms with Gasteiger partial charge in [-0.1, -0.05) is 26.0 Å². The number of alkyl halides is 3. The number of hydrogen-bond donors (Lipinski definition) is 1. The Morgan fingerprint density at radius 3 is 2.42 bits per heavy atom. The minimum atomic E-state index is -4.93. The number of Topliss-reactive ketones (excluding diaryl/α,β-unsaturated/α-hetero) is 1. The van der Waals surface area contributed by atoms with Crippen LogP contribution in [0.25, 0.3) is 0 Å². The second-order valence-electron chi connectivity index (χ2n) is 8.38. The lowest BCUT2D eigenvalue weighted by Crippen LogP contribution is -2.34. The molecular weight excluding hydrogens is 463 g/mol. The minimum absolute atomic E-state index is 0.000726. The van der Waals surface area contributed by atoms with Crippen LogP contribution in [-0.4, -0.2) is 31.6 Å². The van der Waals surface area contributed by atoms with Crippen molar-refractivity contribution in [3.05, 3.63) is 41.0 Å². The molecule has 1 atom stereocenters. The Morgan fingerprint density at radius 1 is 1.18 bits per heavy atom. The number of halogens is 3. The van der Waals surface area contributed by atoms with Crippen LogP contribution in [-0.2, 0) is 32.4 Å². The molecule has 0 saturated heterocycles. The van der Waals surface area contributed by atoms with Crippen molar-refractivity contribution >= 4 is 22.0 Å². The fourth-order valence-electron chi connectivity index (χ4n) is 3.31. The summed E-state index contributed by atoms with van der Waals surface area (Å²) in [6.07, 6.45) is -3.17. The summed E-state index contributed by atoms with van der Waals surface area (Å²) in [4.78, 5) is 24.0. The van der Waals surface area contributed by atoms with Crippen LogP contribution < -0.4 is 9.50 Å². The lowest BCUT2D eigenvalue weighted by atomic mass is 9.91. The van der Waals surface area contributed by atoms with Gasteiger partial charge in [-0.05, 0) is 50.8 Å². The molecule has 7 nitrogen and oxygen atoms in total. The van der Waals surface area contributed by atoms with Gasteiger partial charge in [0.25, 0.3) is 0 Å². The summed E-state index contributed by atoms with van der Waals surface area (Å²) in [6, 6.07) is 2.51. The molecule has 0 saturated carbocycles. The van der Waals surface area contributed by atoms with Gasteiger partial charge in [-0.25, -0.2) is 4.79 Å². The number of alkyl carbamates (subject to hydrolysis) is 1. The summed E-state index contributed by atoms with van der Waals surface area (Å²) in [5.41, 5.74) is -1.28. The van der Waals surface area contributed by atoms with Crippen molar-refractivity contribution in [2.45, 2.75) is 71.0 Å². The van der Waals surface area contributed by atoms with Gasteiger partial charge in [0.1, 0.15) is 11.9 Å². The summed E-state index contributed by atoms with van der Waals surface area (Å²) in [7, 11) is -4.58. The van der Waals surface area contributed by atoms with Crippen LogP contribution in [0, 0.1) is 5.92 Å². The van der Waals surface area contributed by atoms with Crippen LogP contribution >= 0.6 is 0 Å². The molecule has 1 aliphatic carbocycles. The predicted octanol–water partition coefficient (Wildman–Crippen LogP) is 4.75. The van der Waals surface area contributed by atoms with Crippen LogP contribution in [0.5, 0.6) is 5.75 Å². The number of rotatable bonds is 8. The maximum Gasteiger partial charge on any atom is 0.420 e. The number of carbonyl (C=O) groups excluding carboxylic acids is 2. The summed E-state index contributed by atoms with van der Waals surface area (Å²) in [6.45, 7) is 6.17. The van der Waals surface area contributed by atoms with Gasteiger partial charge in [0.2, 0.25) is 0 Å². The third-order valence-electron chi connectivity index (χ3n) is 4.87. The Bertz CT molecular complexity index is 1020. The number of nitrogens with one attached hydrogen (secondary N) is 1. The van der Waals surface area contributed by atoms with Gasteiger partial charge in [-0.15, -0.1) is 0 Å². The highest BCUT2D eigenvalue weighted by molar-refractivity contribution is 7.88. The zero-order valence-corrected chi connectivity index (χ0v) is 19.7. The predicted molar refractivity (Wildman–Crippen MR) is 115 cm³/mol. The van der Waals surface area contributed by atoms with Crippen molar-refractivity contribution < 1.29 is 40.1 Å². The van der Waals surface area contributed by atoms with Crippen molar-refractivity contribution in [1.82, 2.24) is 5.32 Å². The van der Waals surface area contributed by atoms with E-state index in [1.807, 2.05) is 0 Å². The Kier molecular flexibility index (Phi) is 8.56. The second kappa shape index (κ2) is 10.6. The van der Waals surface area contributed by atoms with E-state index in [0.717, 1.165) is 6.07 Å². The molecule has 33 heavy (non-hydrogen) atoms. The number of hydrogen-bond acceptors (Lipinski definition) is 6. The van der Waals surface area contributed by atoms with E-state index in [2.05, 4.69) is 5.32 Å². The van der Waals surface area contributed by atoms with Crippen LogP contribution in [0.3, 0.4) is 0 Å². The van der Waals surface area contributed by atoms with Crippen LogP contribution in [0.4, 0.5) is 18.0 Å². The molecule has 184 valence electrons. The summed E-state index contributed by atoms with van der Waals surface area (Å²) in [5, 5.41) is 1.09. The van der Waals surface area contributed by atoms with E-state index in [0.29, 0.717) is 18.9 Å². The smallest absolute Gasteiger partial charge is 0.420 e. The fourth-order valence-corrected chi connectivity index (χ4v) is 4.80. The van der Waals surface area contributed by atoms with E-state index in [4.69, 9.17) is 8.92 Å². The highest BCUT2D eigenvalue weighted by Gasteiger charge is 2.40. The van der Waals surface area contributed by atoms with Gasteiger partial charge in [0, 0.05) is 17.5 Å². The zero-order chi connectivity index (χ0) is 25.0. The highest BCUT2D eigenvalue weighted by atomic mass is 32.2. The van der Waals surface area contributed by atoms with E-state index in [1.165, 1.54) is 12.1 Å². The molecule has 0 fully saturated rings. The van der Waals surface area contributed by atoms with Gasteiger partial charge in [0.15, 0.2) is 11.5 Å². The first kappa shape index (κ1) is 26.7. The standard InChI is InChI=1S/C22H28F3NO6S/c1-13(2)20(27)16-7-5-6-8-19(16)33(29,30)32-18-10-9-15(11-17(18)22(23,24)25)12-31-21(28)26-14(3)4/h7,9-11,13-14,19H,5-6,8,12H2,1-4H3,(H,26,28). The van der Waals surface area contributed by atoms with Gasteiger partial charge < -0.3 is 14.2 Å². The molecule has 1 unspecified atom stereocenters. The molecule has 1 aromatic carbocycles. The van der Waals surface area contributed by atoms with Crippen molar-refractivity contribution in [3.63, 3.8) is 0 Å². The van der Waals surface area contributed by atoms with Crippen molar-refractivity contribution in [3.8, 4) is 5.75 Å². The molecule has 0 radical (unpaired) electrons. The maximum absolute atomic E-state index is 13.7. The molecule has 0 bridgehead atoms. The normalized spacial score (nSPS) is 17.0. The second-order valence-corrected chi connectivity index (χ2v) is 10.1. The molecule has 1 aliphatic rings. The monoisotopic (exact) mass is 491 g/mol. The number of amides is 1.